The molecule has 2 aromatic heterocycles. The minimum atomic E-state index is -0.207. The number of aromatic nitrogens is 5. The third-order valence-electron chi connectivity index (χ3n) is 8.99. The number of rotatable bonds is 9. The SMILES string of the molecule is CO[C@H]1CCC1NC(=O)c1cnn2c(N(C)Cc3ccccc3)cc(-c3cnc4n([C@H]5CCOC[C@@H]5OC)cccc3-4)nc12. The van der Waals surface area contributed by atoms with Gasteiger partial charge in [-0.2, -0.15) is 9.61 Å². The Morgan fingerprint density at radius 1 is 1.05 bits per heavy atom. The van der Waals surface area contributed by atoms with Crippen molar-refractivity contribution in [2.24, 2.45) is 0 Å². The molecule has 0 radical (unpaired) electrons. The predicted octanol–water partition coefficient (Wildman–Crippen LogP) is 4.22. The molecule has 4 atom stereocenters. The normalized spacial score (nSPS) is 21.8. The van der Waals surface area contributed by atoms with Gasteiger partial charge in [0.1, 0.15) is 23.3 Å². The lowest BCUT2D eigenvalue weighted by atomic mass is 9.89. The van der Waals surface area contributed by atoms with Gasteiger partial charge in [0, 0.05) is 64.0 Å². The topological polar surface area (TPSA) is 108 Å². The molecule has 1 aromatic carbocycles. The van der Waals surface area contributed by atoms with Crippen molar-refractivity contribution in [3.63, 3.8) is 0 Å². The zero-order valence-corrected chi connectivity index (χ0v) is 25.2. The first-order chi connectivity index (χ1) is 21.6. The molecule has 0 bridgehead atoms. The maximum atomic E-state index is 13.5. The molecule has 1 unspecified atom stereocenters. The second-order valence-electron chi connectivity index (χ2n) is 11.6. The first-order valence-corrected chi connectivity index (χ1v) is 15.1. The Hall–Kier alpha value is -4.32. The number of hydrogen-bond acceptors (Lipinski definition) is 8. The number of benzene rings is 1. The van der Waals surface area contributed by atoms with Gasteiger partial charge in [0.25, 0.3) is 5.91 Å². The number of nitrogens with one attached hydrogen (secondary N) is 1. The van der Waals surface area contributed by atoms with Crippen molar-refractivity contribution in [1.82, 2.24) is 29.5 Å². The van der Waals surface area contributed by atoms with Gasteiger partial charge in [0.05, 0.1) is 36.7 Å². The molecule has 1 aliphatic carbocycles. The smallest absolute Gasteiger partial charge is 0.257 e. The Labute approximate surface area is 256 Å². The average molecular weight is 596 g/mol. The lowest BCUT2D eigenvalue weighted by Crippen LogP contribution is -2.51. The van der Waals surface area contributed by atoms with Crippen LogP contribution in [-0.2, 0) is 20.8 Å². The Morgan fingerprint density at radius 3 is 2.66 bits per heavy atom. The number of ether oxygens (including phenoxy) is 3. The van der Waals surface area contributed by atoms with Crippen molar-refractivity contribution in [2.75, 3.05) is 39.4 Å². The summed E-state index contributed by atoms with van der Waals surface area (Å²) in [5.74, 6) is 1.47. The molecule has 4 aliphatic rings. The maximum Gasteiger partial charge on any atom is 0.257 e. The van der Waals surface area contributed by atoms with Gasteiger partial charge in [-0.3, -0.25) is 4.79 Å². The van der Waals surface area contributed by atoms with E-state index < -0.39 is 0 Å². The van der Waals surface area contributed by atoms with Crippen molar-refractivity contribution in [3.05, 3.63) is 78.2 Å². The average Bonchev–Trinajstić information content (AvgIpc) is 3.68. The molecule has 3 aromatic rings. The van der Waals surface area contributed by atoms with Gasteiger partial charge in [0.15, 0.2) is 5.65 Å². The van der Waals surface area contributed by atoms with E-state index in [1.165, 1.54) is 0 Å². The molecule has 3 aliphatic heterocycles. The maximum absolute atomic E-state index is 13.5. The van der Waals surface area contributed by atoms with E-state index in [0.717, 1.165) is 53.3 Å². The first-order valence-electron chi connectivity index (χ1n) is 15.1. The molecule has 5 heterocycles. The third kappa shape index (κ3) is 5.10. The number of pyridine rings is 1. The largest absolute Gasteiger partial charge is 0.379 e. The fourth-order valence-electron chi connectivity index (χ4n) is 6.39. The van der Waals surface area contributed by atoms with Crippen molar-refractivity contribution >= 4 is 17.4 Å². The van der Waals surface area contributed by atoms with Crippen LogP contribution >= 0.6 is 0 Å². The van der Waals surface area contributed by atoms with Crippen LogP contribution in [0.1, 0.15) is 41.2 Å². The van der Waals surface area contributed by atoms with Crippen LogP contribution < -0.4 is 10.2 Å². The summed E-state index contributed by atoms with van der Waals surface area (Å²) in [7, 11) is 5.43. The summed E-state index contributed by atoms with van der Waals surface area (Å²) in [6, 6.07) is 16.5. The van der Waals surface area contributed by atoms with Crippen LogP contribution in [0.3, 0.4) is 0 Å². The van der Waals surface area contributed by atoms with Crippen LogP contribution in [0.5, 0.6) is 0 Å². The molecular weight excluding hydrogens is 558 g/mol. The number of carbonyl (C=O) groups is 1. The standard InChI is InChI=1S/C33H37N7O4/c1-38(19-21-8-5-4-6-9-21)30-16-26(36-32-24(18-35-40(30)32)33(41)37-25-11-12-28(25)42-2)23-17-34-31-22(23)10-7-14-39(31)27-13-15-44-20-29(27)43-3/h4-10,14,16-18,25,27-29H,11-13,15,19-20H2,1-3H3,(H,37,41)/t25?,27-,28-,29-/m0/s1. The molecular formula is C33H37N7O4. The van der Waals surface area contributed by atoms with Crippen LogP contribution in [0.25, 0.3) is 28.3 Å². The summed E-state index contributed by atoms with van der Waals surface area (Å²) in [5, 5.41) is 7.77. The third-order valence-corrected chi connectivity index (χ3v) is 8.99. The second-order valence-corrected chi connectivity index (χ2v) is 11.6. The fourth-order valence-corrected chi connectivity index (χ4v) is 6.39. The number of carbonyl (C=O) groups excluding carboxylic acids is 1. The molecule has 44 heavy (non-hydrogen) atoms. The number of nitrogens with zero attached hydrogens (tertiary/aromatic N) is 6. The van der Waals surface area contributed by atoms with Gasteiger partial charge < -0.3 is 29.0 Å². The zero-order valence-electron chi connectivity index (χ0n) is 25.2. The monoisotopic (exact) mass is 595 g/mol. The Kier molecular flexibility index (Phi) is 7.75. The summed E-state index contributed by atoms with van der Waals surface area (Å²) in [6.07, 6.45) is 8.15. The molecule has 1 saturated carbocycles. The Balaban J connectivity index is 1.30. The predicted molar refractivity (Wildman–Crippen MR) is 166 cm³/mol. The summed E-state index contributed by atoms with van der Waals surface area (Å²) in [5.41, 5.74) is 4.66. The van der Waals surface area contributed by atoms with Gasteiger partial charge in [-0.15, -0.1) is 0 Å². The van der Waals surface area contributed by atoms with Gasteiger partial charge in [-0.1, -0.05) is 30.3 Å². The molecule has 11 nitrogen and oxygen atoms in total. The van der Waals surface area contributed by atoms with Crippen molar-refractivity contribution in [1.29, 1.82) is 0 Å². The Bertz CT molecular complexity index is 1730. The molecule has 11 heteroatoms. The highest BCUT2D eigenvalue weighted by molar-refractivity contribution is 6.00. The molecule has 228 valence electrons. The first kappa shape index (κ1) is 28.5. The van der Waals surface area contributed by atoms with Crippen LogP contribution in [-0.4, -0.2) is 82.8 Å². The highest BCUT2D eigenvalue weighted by atomic mass is 16.5. The lowest BCUT2D eigenvalue weighted by molar-refractivity contribution is -0.0600. The number of fused-ring (bicyclic) bond motifs is 2. The quantitative estimate of drug-likeness (QED) is 0.270. The number of amides is 1. The van der Waals surface area contributed by atoms with E-state index in [4.69, 9.17) is 24.2 Å². The van der Waals surface area contributed by atoms with Crippen LogP contribution in [0.2, 0.25) is 0 Å². The minimum absolute atomic E-state index is 0.0226. The van der Waals surface area contributed by atoms with E-state index in [1.54, 1.807) is 24.9 Å². The molecule has 0 spiro atoms. The number of anilines is 1. The van der Waals surface area contributed by atoms with E-state index in [2.05, 4.69) is 44.3 Å². The summed E-state index contributed by atoms with van der Waals surface area (Å²) in [4.78, 5) is 25.6. The highest BCUT2D eigenvalue weighted by Crippen LogP contribution is 2.37. The molecule has 1 saturated heterocycles. The lowest BCUT2D eigenvalue weighted by Gasteiger charge is -2.35. The Morgan fingerprint density at radius 2 is 1.89 bits per heavy atom. The van der Waals surface area contributed by atoms with Crippen LogP contribution in [0, 0.1) is 0 Å². The summed E-state index contributed by atoms with van der Waals surface area (Å²) in [6.45, 7) is 1.88. The van der Waals surface area contributed by atoms with Gasteiger partial charge in [-0.05, 0) is 37.0 Å². The molecule has 1 N–H and O–H groups in total. The van der Waals surface area contributed by atoms with E-state index in [0.29, 0.717) is 31.0 Å². The summed E-state index contributed by atoms with van der Waals surface area (Å²) < 4.78 is 20.9. The number of methoxy groups -OCH3 is 2. The van der Waals surface area contributed by atoms with Crippen LogP contribution in [0.4, 0.5) is 5.82 Å². The van der Waals surface area contributed by atoms with E-state index in [-0.39, 0.29) is 30.2 Å². The van der Waals surface area contributed by atoms with E-state index >= 15 is 0 Å². The van der Waals surface area contributed by atoms with Crippen LogP contribution in [0.15, 0.2) is 67.1 Å². The van der Waals surface area contributed by atoms with E-state index in [1.807, 2.05) is 43.6 Å². The van der Waals surface area contributed by atoms with Crippen molar-refractivity contribution in [2.45, 2.75) is 50.1 Å². The second kappa shape index (κ2) is 12.0. The van der Waals surface area contributed by atoms with Crippen molar-refractivity contribution in [3.8, 4) is 22.6 Å². The highest BCUT2D eigenvalue weighted by Gasteiger charge is 2.34. The zero-order chi connectivity index (χ0) is 30.2. The van der Waals surface area contributed by atoms with Crippen molar-refractivity contribution < 1.29 is 19.0 Å². The van der Waals surface area contributed by atoms with Gasteiger partial charge in [-0.25, -0.2) is 9.97 Å². The van der Waals surface area contributed by atoms with E-state index in [9.17, 15) is 4.79 Å². The van der Waals surface area contributed by atoms with Gasteiger partial charge >= 0.3 is 0 Å². The fraction of sp³-hybridized carbons (Fsp3) is 0.394. The number of hydrogen-bond donors (Lipinski definition) is 1. The molecule has 1 amide bonds. The minimum Gasteiger partial charge on any atom is -0.379 e. The molecule has 2 fully saturated rings. The summed E-state index contributed by atoms with van der Waals surface area (Å²) >= 11 is 0. The molecule has 7 rings (SSSR count). The van der Waals surface area contributed by atoms with Gasteiger partial charge in [0.2, 0.25) is 0 Å².